The van der Waals surface area contributed by atoms with Crippen molar-refractivity contribution in [2.45, 2.75) is 25.6 Å². The molecule has 0 amide bonds. The van der Waals surface area contributed by atoms with Gasteiger partial charge in [0.15, 0.2) is 9.84 Å². The van der Waals surface area contributed by atoms with Crippen LogP contribution in [0.2, 0.25) is 0 Å². The lowest BCUT2D eigenvalue weighted by Gasteiger charge is -2.14. The molecule has 98 valence electrons. The van der Waals surface area contributed by atoms with E-state index in [1.54, 1.807) is 12.1 Å². The van der Waals surface area contributed by atoms with Gasteiger partial charge in [-0.1, -0.05) is 0 Å². The molecule has 0 spiro atoms. The summed E-state index contributed by atoms with van der Waals surface area (Å²) in [4.78, 5) is 0. The van der Waals surface area contributed by atoms with Crippen molar-refractivity contribution in [2.75, 3.05) is 6.26 Å². The summed E-state index contributed by atoms with van der Waals surface area (Å²) in [6.45, 7) is 4.02. The van der Waals surface area contributed by atoms with Gasteiger partial charge >= 0.3 is 0 Å². The fourth-order valence-electron chi connectivity index (χ4n) is 2.27. The Hall–Kier alpha value is -1.49. The Kier molecular flexibility index (Phi) is 3.11. The van der Waals surface area contributed by atoms with Crippen molar-refractivity contribution < 1.29 is 13.5 Å². The van der Waals surface area contributed by atoms with Crippen molar-refractivity contribution >= 4 is 20.7 Å². The Labute approximate surface area is 107 Å². The van der Waals surface area contributed by atoms with Crippen molar-refractivity contribution in [3.8, 4) is 5.75 Å². The monoisotopic (exact) mass is 267 g/mol. The van der Waals surface area contributed by atoms with Gasteiger partial charge in [-0.25, -0.2) is 8.42 Å². The van der Waals surface area contributed by atoms with Crippen LogP contribution in [0.25, 0.3) is 10.9 Å². The number of sulfone groups is 1. The molecule has 0 radical (unpaired) electrons. The summed E-state index contributed by atoms with van der Waals surface area (Å²) in [5.41, 5.74) is 1.70. The smallest absolute Gasteiger partial charge is 0.153 e. The highest BCUT2D eigenvalue weighted by Crippen LogP contribution is 2.28. The standard InChI is InChI=1S/C13H17NO3S/c1-9(2)14-11(8-18(3,16)17)6-10-7-12(15)4-5-13(10)14/h4-7,9,15H,8H2,1-3H3. The third-order valence-corrected chi connectivity index (χ3v) is 3.65. The van der Waals surface area contributed by atoms with Gasteiger partial charge in [0.1, 0.15) is 5.75 Å². The van der Waals surface area contributed by atoms with Crippen LogP contribution in [-0.4, -0.2) is 24.3 Å². The first-order chi connectivity index (χ1) is 8.28. The van der Waals surface area contributed by atoms with E-state index in [0.29, 0.717) is 0 Å². The van der Waals surface area contributed by atoms with E-state index in [9.17, 15) is 13.5 Å². The third kappa shape index (κ3) is 2.51. The topological polar surface area (TPSA) is 59.3 Å². The van der Waals surface area contributed by atoms with Crippen molar-refractivity contribution in [1.82, 2.24) is 4.57 Å². The number of rotatable bonds is 3. The number of benzene rings is 1. The summed E-state index contributed by atoms with van der Waals surface area (Å²) in [5, 5.41) is 10.3. The van der Waals surface area contributed by atoms with Crippen LogP contribution in [0.4, 0.5) is 0 Å². The first-order valence-corrected chi connectivity index (χ1v) is 7.84. The van der Waals surface area contributed by atoms with E-state index in [4.69, 9.17) is 0 Å². The molecule has 0 fully saturated rings. The van der Waals surface area contributed by atoms with E-state index in [1.165, 1.54) is 6.26 Å². The number of fused-ring (bicyclic) bond motifs is 1. The number of nitrogens with zero attached hydrogens (tertiary/aromatic N) is 1. The van der Waals surface area contributed by atoms with Gasteiger partial charge in [0, 0.05) is 28.9 Å². The van der Waals surface area contributed by atoms with Crippen molar-refractivity contribution in [2.24, 2.45) is 0 Å². The van der Waals surface area contributed by atoms with Gasteiger partial charge in [-0.05, 0) is 38.1 Å². The highest BCUT2D eigenvalue weighted by Gasteiger charge is 2.15. The second kappa shape index (κ2) is 4.31. The molecule has 0 aliphatic carbocycles. The Morgan fingerprint density at radius 2 is 1.94 bits per heavy atom. The van der Waals surface area contributed by atoms with E-state index < -0.39 is 9.84 Å². The van der Waals surface area contributed by atoms with Gasteiger partial charge in [0.25, 0.3) is 0 Å². The van der Waals surface area contributed by atoms with Crippen molar-refractivity contribution in [1.29, 1.82) is 0 Å². The summed E-state index contributed by atoms with van der Waals surface area (Å²) in [5.74, 6) is 0.204. The lowest BCUT2D eigenvalue weighted by molar-refractivity contribution is 0.476. The predicted octanol–water partition coefficient (Wildman–Crippen LogP) is 2.47. The molecule has 2 rings (SSSR count). The highest BCUT2D eigenvalue weighted by atomic mass is 32.2. The molecule has 1 heterocycles. The van der Waals surface area contributed by atoms with Crippen LogP contribution >= 0.6 is 0 Å². The molecule has 2 aromatic rings. The zero-order valence-electron chi connectivity index (χ0n) is 10.7. The van der Waals surface area contributed by atoms with Crippen LogP contribution < -0.4 is 0 Å². The quantitative estimate of drug-likeness (QED) is 0.929. The molecule has 1 N–H and O–H groups in total. The molecule has 5 heteroatoms. The lowest BCUT2D eigenvalue weighted by atomic mass is 10.2. The Morgan fingerprint density at radius 3 is 2.50 bits per heavy atom. The molecule has 4 nitrogen and oxygen atoms in total. The van der Waals surface area contributed by atoms with Crippen LogP contribution in [0.5, 0.6) is 5.75 Å². The number of phenolic OH excluding ortho intramolecular Hbond substituents is 1. The van der Waals surface area contributed by atoms with Crippen LogP contribution in [0.1, 0.15) is 25.6 Å². The minimum Gasteiger partial charge on any atom is -0.508 e. The molecule has 0 saturated heterocycles. The summed E-state index contributed by atoms with van der Waals surface area (Å²) in [7, 11) is -3.07. The van der Waals surface area contributed by atoms with Gasteiger partial charge < -0.3 is 9.67 Å². The molecular weight excluding hydrogens is 250 g/mol. The molecule has 0 aliphatic heterocycles. The molecule has 0 aliphatic rings. The number of hydrogen-bond acceptors (Lipinski definition) is 3. The number of hydrogen-bond donors (Lipinski definition) is 1. The maximum atomic E-state index is 11.5. The fraction of sp³-hybridized carbons (Fsp3) is 0.385. The summed E-state index contributed by atoms with van der Waals surface area (Å²) < 4.78 is 24.9. The van der Waals surface area contributed by atoms with Gasteiger partial charge in [-0.3, -0.25) is 0 Å². The molecule has 1 aromatic heterocycles. The molecule has 0 bridgehead atoms. The van der Waals surface area contributed by atoms with Gasteiger partial charge in [0.05, 0.1) is 5.75 Å². The minimum absolute atomic E-state index is 0.0145. The maximum absolute atomic E-state index is 11.5. The predicted molar refractivity (Wildman–Crippen MR) is 72.5 cm³/mol. The molecule has 18 heavy (non-hydrogen) atoms. The number of aromatic nitrogens is 1. The lowest BCUT2D eigenvalue weighted by Crippen LogP contribution is -2.09. The van der Waals surface area contributed by atoms with Crippen LogP contribution in [0, 0.1) is 0 Å². The Balaban J connectivity index is 2.68. The van der Waals surface area contributed by atoms with Gasteiger partial charge in [0.2, 0.25) is 0 Å². The zero-order valence-corrected chi connectivity index (χ0v) is 11.5. The summed E-state index contributed by atoms with van der Waals surface area (Å²) in [6.07, 6.45) is 1.23. The van der Waals surface area contributed by atoms with Crippen LogP contribution in [0.3, 0.4) is 0 Å². The van der Waals surface area contributed by atoms with Crippen molar-refractivity contribution in [3.05, 3.63) is 30.0 Å². The Morgan fingerprint density at radius 1 is 1.28 bits per heavy atom. The SMILES string of the molecule is CC(C)n1c(CS(C)(=O)=O)cc2cc(O)ccc21. The first kappa shape index (κ1) is 13.0. The van der Waals surface area contributed by atoms with Crippen LogP contribution in [0.15, 0.2) is 24.3 Å². The maximum Gasteiger partial charge on any atom is 0.153 e. The van der Waals surface area contributed by atoms with E-state index in [1.807, 2.05) is 30.5 Å². The van der Waals surface area contributed by atoms with E-state index in [-0.39, 0.29) is 17.5 Å². The number of aromatic hydroxyl groups is 1. The number of phenols is 1. The zero-order chi connectivity index (χ0) is 13.5. The van der Waals surface area contributed by atoms with Gasteiger partial charge in [-0.15, -0.1) is 0 Å². The Bertz CT molecular complexity index is 684. The van der Waals surface area contributed by atoms with E-state index in [2.05, 4.69) is 0 Å². The van der Waals surface area contributed by atoms with Crippen molar-refractivity contribution in [3.63, 3.8) is 0 Å². The third-order valence-electron chi connectivity index (χ3n) is 2.83. The molecule has 0 saturated carbocycles. The second-order valence-corrected chi connectivity index (χ2v) is 7.05. The van der Waals surface area contributed by atoms with Crippen LogP contribution in [-0.2, 0) is 15.6 Å². The minimum atomic E-state index is -3.07. The first-order valence-electron chi connectivity index (χ1n) is 5.78. The summed E-state index contributed by atoms with van der Waals surface area (Å²) in [6, 6.07) is 7.08. The molecule has 0 atom stereocenters. The molecular formula is C13H17NO3S. The fourth-order valence-corrected chi connectivity index (χ4v) is 3.03. The largest absolute Gasteiger partial charge is 0.508 e. The van der Waals surface area contributed by atoms with E-state index >= 15 is 0 Å². The normalized spacial score (nSPS) is 12.4. The van der Waals surface area contributed by atoms with Gasteiger partial charge in [-0.2, -0.15) is 0 Å². The average Bonchev–Trinajstić information content (AvgIpc) is 2.51. The molecule has 0 unspecified atom stereocenters. The second-order valence-electron chi connectivity index (χ2n) is 4.91. The summed E-state index contributed by atoms with van der Waals surface area (Å²) >= 11 is 0. The van der Waals surface area contributed by atoms with E-state index in [0.717, 1.165) is 16.6 Å². The highest BCUT2D eigenvalue weighted by molar-refractivity contribution is 7.89. The molecule has 1 aromatic carbocycles. The average molecular weight is 267 g/mol.